The Balaban J connectivity index is 2.29. The molecule has 14 heavy (non-hydrogen) atoms. The van der Waals surface area contributed by atoms with Crippen molar-refractivity contribution in [3.63, 3.8) is 0 Å². The Morgan fingerprint density at radius 3 is 2.93 bits per heavy atom. The van der Waals surface area contributed by atoms with Crippen molar-refractivity contribution in [2.75, 3.05) is 20.3 Å². The lowest BCUT2D eigenvalue weighted by Crippen LogP contribution is -2.18. The maximum Gasteiger partial charge on any atom is 0.108 e. The maximum atomic E-state index is 4.93. The second kappa shape index (κ2) is 5.78. The molecule has 0 bridgehead atoms. The second-order valence-electron chi connectivity index (χ2n) is 3.62. The molecule has 1 rings (SSSR count). The zero-order valence-corrected chi connectivity index (χ0v) is 9.13. The van der Waals surface area contributed by atoms with Gasteiger partial charge >= 0.3 is 0 Å². The number of nitrogens with one attached hydrogen (secondary N) is 2. The summed E-state index contributed by atoms with van der Waals surface area (Å²) < 4.78 is 4.93. The molecule has 0 unspecified atom stereocenters. The van der Waals surface area contributed by atoms with E-state index in [0.29, 0.717) is 5.92 Å². The van der Waals surface area contributed by atoms with Crippen LogP contribution in [0.15, 0.2) is 6.20 Å². The molecule has 0 amide bonds. The summed E-state index contributed by atoms with van der Waals surface area (Å²) in [5.41, 5.74) is 1.13. The first-order chi connectivity index (χ1) is 6.74. The van der Waals surface area contributed by atoms with Crippen molar-refractivity contribution in [3.8, 4) is 0 Å². The van der Waals surface area contributed by atoms with Crippen molar-refractivity contribution in [1.82, 2.24) is 15.3 Å². The van der Waals surface area contributed by atoms with Gasteiger partial charge in [-0.2, -0.15) is 0 Å². The first kappa shape index (κ1) is 11.2. The SMILES string of the molecule is COCCNCc1cnc(C(C)C)[nH]1. The Labute approximate surface area is 85.1 Å². The molecule has 1 aromatic heterocycles. The molecule has 0 aromatic carbocycles. The average molecular weight is 197 g/mol. The molecule has 4 nitrogen and oxygen atoms in total. The first-order valence-corrected chi connectivity index (χ1v) is 4.97. The second-order valence-corrected chi connectivity index (χ2v) is 3.62. The standard InChI is InChI=1S/C10H19N3O/c1-8(2)10-12-7-9(13-10)6-11-4-5-14-3/h7-8,11H,4-6H2,1-3H3,(H,12,13). The Morgan fingerprint density at radius 1 is 1.57 bits per heavy atom. The number of nitrogens with zero attached hydrogens (tertiary/aromatic N) is 1. The lowest BCUT2D eigenvalue weighted by Gasteiger charge is -2.01. The van der Waals surface area contributed by atoms with E-state index in [2.05, 4.69) is 29.1 Å². The molecule has 80 valence electrons. The summed E-state index contributed by atoms with van der Waals surface area (Å²) in [6.07, 6.45) is 1.88. The Kier molecular flexibility index (Phi) is 4.62. The van der Waals surface area contributed by atoms with Crippen LogP contribution in [0.3, 0.4) is 0 Å². The van der Waals surface area contributed by atoms with E-state index in [0.717, 1.165) is 31.2 Å². The molecular weight excluding hydrogens is 178 g/mol. The van der Waals surface area contributed by atoms with Crippen LogP contribution >= 0.6 is 0 Å². The number of hydrogen-bond acceptors (Lipinski definition) is 3. The van der Waals surface area contributed by atoms with Crippen molar-refractivity contribution in [1.29, 1.82) is 0 Å². The number of rotatable bonds is 6. The van der Waals surface area contributed by atoms with Gasteiger partial charge < -0.3 is 15.0 Å². The number of aromatic amines is 1. The summed E-state index contributed by atoms with van der Waals surface area (Å²) in [4.78, 5) is 7.56. The van der Waals surface area contributed by atoms with Gasteiger partial charge in [-0.05, 0) is 0 Å². The molecular formula is C10H19N3O. The van der Waals surface area contributed by atoms with Gasteiger partial charge in [0.2, 0.25) is 0 Å². The Bertz CT molecular complexity index is 258. The summed E-state index contributed by atoms with van der Waals surface area (Å²) in [6.45, 7) is 6.68. The average Bonchev–Trinajstić information content (AvgIpc) is 2.61. The molecule has 0 atom stereocenters. The first-order valence-electron chi connectivity index (χ1n) is 4.97. The van der Waals surface area contributed by atoms with E-state index in [1.165, 1.54) is 0 Å². The van der Waals surface area contributed by atoms with Crippen molar-refractivity contribution < 1.29 is 4.74 Å². The van der Waals surface area contributed by atoms with Crippen LogP contribution in [-0.2, 0) is 11.3 Å². The minimum absolute atomic E-state index is 0.461. The Hall–Kier alpha value is -0.870. The highest BCUT2D eigenvalue weighted by molar-refractivity contribution is 5.03. The van der Waals surface area contributed by atoms with Crippen molar-refractivity contribution in [2.45, 2.75) is 26.3 Å². The van der Waals surface area contributed by atoms with Crippen LogP contribution in [0.2, 0.25) is 0 Å². The quantitative estimate of drug-likeness (QED) is 0.675. The molecule has 2 N–H and O–H groups in total. The minimum Gasteiger partial charge on any atom is -0.383 e. The maximum absolute atomic E-state index is 4.93. The predicted octanol–water partition coefficient (Wildman–Crippen LogP) is 1.27. The Morgan fingerprint density at radius 2 is 2.36 bits per heavy atom. The number of hydrogen-bond donors (Lipinski definition) is 2. The minimum atomic E-state index is 0.461. The lowest BCUT2D eigenvalue weighted by molar-refractivity contribution is 0.199. The van der Waals surface area contributed by atoms with Gasteiger partial charge in [0.05, 0.1) is 6.61 Å². The van der Waals surface area contributed by atoms with Gasteiger partial charge in [0.15, 0.2) is 0 Å². The van der Waals surface area contributed by atoms with Crippen LogP contribution in [-0.4, -0.2) is 30.2 Å². The lowest BCUT2D eigenvalue weighted by atomic mass is 10.2. The smallest absolute Gasteiger partial charge is 0.108 e. The van der Waals surface area contributed by atoms with Crippen LogP contribution in [0.25, 0.3) is 0 Å². The van der Waals surface area contributed by atoms with E-state index in [-0.39, 0.29) is 0 Å². The molecule has 0 aliphatic heterocycles. The van der Waals surface area contributed by atoms with Gasteiger partial charge in [-0.3, -0.25) is 0 Å². The number of ether oxygens (including phenoxy) is 1. The molecule has 0 fully saturated rings. The highest BCUT2D eigenvalue weighted by Gasteiger charge is 2.03. The van der Waals surface area contributed by atoms with Gasteiger partial charge in [-0.15, -0.1) is 0 Å². The fourth-order valence-electron chi connectivity index (χ4n) is 1.16. The summed E-state index contributed by atoms with van der Waals surface area (Å²) in [6, 6.07) is 0. The largest absolute Gasteiger partial charge is 0.383 e. The number of methoxy groups -OCH3 is 1. The molecule has 4 heteroatoms. The van der Waals surface area contributed by atoms with E-state index < -0.39 is 0 Å². The molecule has 0 spiro atoms. The number of H-pyrrole nitrogens is 1. The fourth-order valence-corrected chi connectivity index (χ4v) is 1.16. The van der Waals surface area contributed by atoms with Crippen LogP contribution in [0, 0.1) is 0 Å². The topological polar surface area (TPSA) is 49.9 Å². The highest BCUT2D eigenvalue weighted by atomic mass is 16.5. The number of aromatic nitrogens is 2. The van der Waals surface area contributed by atoms with Gasteiger partial charge in [-0.1, -0.05) is 13.8 Å². The van der Waals surface area contributed by atoms with Gasteiger partial charge in [0.25, 0.3) is 0 Å². The third-order valence-corrected chi connectivity index (χ3v) is 1.99. The van der Waals surface area contributed by atoms with E-state index in [1.54, 1.807) is 7.11 Å². The monoisotopic (exact) mass is 197 g/mol. The van der Waals surface area contributed by atoms with Crippen LogP contribution in [0.5, 0.6) is 0 Å². The van der Waals surface area contributed by atoms with Gasteiger partial charge in [-0.25, -0.2) is 4.98 Å². The van der Waals surface area contributed by atoms with Crippen molar-refractivity contribution in [2.24, 2.45) is 0 Å². The highest BCUT2D eigenvalue weighted by Crippen LogP contribution is 2.08. The molecule has 0 saturated heterocycles. The normalized spacial score (nSPS) is 11.1. The summed E-state index contributed by atoms with van der Waals surface area (Å²) in [5.74, 6) is 1.51. The van der Waals surface area contributed by atoms with E-state index in [9.17, 15) is 0 Å². The summed E-state index contributed by atoms with van der Waals surface area (Å²) in [5, 5.41) is 3.26. The molecule has 0 aliphatic rings. The molecule has 0 saturated carbocycles. The molecule has 1 heterocycles. The molecule has 1 aromatic rings. The number of imidazole rings is 1. The summed E-state index contributed by atoms with van der Waals surface area (Å²) in [7, 11) is 1.70. The van der Waals surface area contributed by atoms with Crippen LogP contribution in [0.1, 0.15) is 31.3 Å². The molecule has 0 aliphatic carbocycles. The van der Waals surface area contributed by atoms with Crippen LogP contribution in [0.4, 0.5) is 0 Å². The van der Waals surface area contributed by atoms with Crippen LogP contribution < -0.4 is 5.32 Å². The zero-order chi connectivity index (χ0) is 10.4. The zero-order valence-electron chi connectivity index (χ0n) is 9.13. The van der Waals surface area contributed by atoms with E-state index in [4.69, 9.17) is 4.74 Å². The van der Waals surface area contributed by atoms with Gasteiger partial charge in [0.1, 0.15) is 5.82 Å². The molecule has 0 radical (unpaired) electrons. The van der Waals surface area contributed by atoms with E-state index >= 15 is 0 Å². The third kappa shape index (κ3) is 3.47. The predicted molar refractivity (Wildman–Crippen MR) is 56.3 cm³/mol. The van der Waals surface area contributed by atoms with E-state index in [1.807, 2.05) is 6.20 Å². The third-order valence-electron chi connectivity index (χ3n) is 1.99. The fraction of sp³-hybridized carbons (Fsp3) is 0.700. The van der Waals surface area contributed by atoms with Crippen molar-refractivity contribution in [3.05, 3.63) is 17.7 Å². The van der Waals surface area contributed by atoms with Crippen molar-refractivity contribution >= 4 is 0 Å². The summed E-state index contributed by atoms with van der Waals surface area (Å²) >= 11 is 0. The van der Waals surface area contributed by atoms with Gasteiger partial charge in [0, 0.05) is 38.0 Å².